The number of hydrogen-bond donors (Lipinski definition) is 1. The molecule has 1 fully saturated rings. The molecule has 2 aliphatic heterocycles. The SMILES string of the molecule is O=C(c1coc(C2CCCN2)n1)N1CC=CC1. The molecule has 3 heterocycles. The molecule has 0 aromatic carbocycles. The van der Waals surface area contributed by atoms with Crippen LogP contribution in [-0.4, -0.2) is 35.4 Å². The fourth-order valence-electron chi connectivity index (χ4n) is 2.25. The van der Waals surface area contributed by atoms with Crippen molar-refractivity contribution in [2.24, 2.45) is 0 Å². The molecule has 2 aliphatic rings. The molecule has 1 aromatic rings. The monoisotopic (exact) mass is 233 g/mol. The molecule has 1 amide bonds. The Hall–Kier alpha value is -1.62. The van der Waals surface area contributed by atoms with Crippen LogP contribution in [0.25, 0.3) is 0 Å². The molecule has 1 unspecified atom stereocenters. The van der Waals surface area contributed by atoms with Gasteiger partial charge in [-0.2, -0.15) is 0 Å². The summed E-state index contributed by atoms with van der Waals surface area (Å²) in [6.45, 7) is 2.33. The number of hydrogen-bond acceptors (Lipinski definition) is 4. The standard InChI is InChI=1S/C12H15N3O2/c16-12(15-6-1-2-7-15)10-8-17-11(14-10)9-4-3-5-13-9/h1-2,8-9,13H,3-7H2. The Morgan fingerprint density at radius 2 is 2.29 bits per heavy atom. The Balaban J connectivity index is 1.73. The molecule has 1 atom stereocenters. The summed E-state index contributed by atoms with van der Waals surface area (Å²) in [6.07, 6.45) is 7.59. The van der Waals surface area contributed by atoms with E-state index in [1.807, 2.05) is 12.2 Å². The molecular weight excluding hydrogens is 218 g/mol. The predicted octanol–water partition coefficient (Wildman–Crippen LogP) is 1.11. The zero-order valence-corrected chi connectivity index (χ0v) is 9.56. The van der Waals surface area contributed by atoms with E-state index in [0.717, 1.165) is 19.4 Å². The van der Waals surface area contributed by atoms with Gasteiger partial charge in [0.2, 0.25) is 5.89 Å². The van der Waals surface area contributed by atoms with Gasteiger partial charge in [-0.3, -0.25) is 4.79 Å². The lowest BCUT2D eigenvalue weighted by Crippen LogP contribution is -2.28. The second kappa shape index (κ2) is 4.33. The normalized spacial score (nSPS) is 23.5. The summed E-state index contributed by atoms with van der Waals surface area (Å²) < 4.78 is 5.39. The van der Waals surface area contributed by atoms with Crippen molar-refractivity contribution in [3.63, 3.8) is 0 Å². The molecule has 1 N–H and O–H groups in total. The minimum atomic E-state index is -0.0528. The van der Waals surface area contributed by atoms with E-state index in [4.69, 9.17) is 4.42 Å². The summed E-state index contributed by atoms with van der Waals surface area (Å²) in [5.41, 5.74) is 0.414. The maximum atomic E-state index is 12.0. The lowest BCUT2D eigenvalue weighted by Gasteiger charge is -2.12. The summed E-state index contributed by atoms with van der Waals surface area (Å²) >= 11 is 0. The fraction of sp³-hybridized carbons (Fsp3) is 0.500. The van der Waals surface area contributed by atoms with Crippen molar-refractivity contribution in [2.45, 2.75) is 18.9 Å². The van der Waals surface area contributed by atoms with Crippen LogP contribution in [0.2, 0.25) is 0 Å². The van der Waals surface area contributed by atoms with Crippen LogP contribution in [0.1, 0.15) is 35.3 Å². The van der Waals surface area contributed by atoms with E-state index in [0.29, 0.717) is 24.7 Å². The number of oxazole rings is 1. The molecule has 0 saturated carbocycles. The van der Waals surface area contributed by atoms with E-state index in [2.05, 4.69) is 10.3 Å². The fourth-order valence-corrected chi connectivity index (χ4v) is 2.25. The summed E-state index contributed by atoms with van der Waals surface area (Å²) in [5.74, 6) is 0.584. The molecule has 0 aliphatic carbocycles. The topological polar surface area (TPSA) is 58.4 Å². The van der Waals surface area contributed by atoms with E-state index in [1.165, 1.54) is 6.26 Å². The highest BCUT2D eigenvalue weighted by atomic mass is 16.3. The number of nitrogens with one attached hydrogen (secondary N) is 1. The highest BCUT2D eigenvalue weighted by molar-refractivity contribution is 5.92. The lowest BCUT2D eigenvalue weighted by atomic mass is 10.2. The predicted molar refractivity (Wildman–Crippen MR) is 61.5 cm³/mol. The van der Waals surface area contributed by atoms with Gasteiger partial charge in [0.15, 0.2) is 5.69 Å². The van der Waals surface area contributed by atoms with Crippen LogP contribution in [0.5, 0.6) is 0 Å². The van der Waals surface area contributed by atoms with Gasteiger partial charge in [0.05, 0.1) is 6.04 Å². The summed E-state index contributed by atoms with van der Waals surface area (Å²) in [4.78, 5) is 18.0. The Bertz CT molecular complexity index is 438. The molecule has 1 saturated heterocycles. The van der Waals surface area contributed by atoms with E-state index in [-0.39, 0.29) is 11.9 Å². The van der Waals surface area contributed by atoms with E-state index < -0.39 is 0 Å². The maximum Gasteiger partial charge on any atom is 0.276 e. The molecule has 0 spiro atoms. The van der Waals surface area contributed by atoms with Gasteiger partial charge in [0.25, 0.3) is 5.91 Å². The third-order valence-corrected chi connectivity index (χ3v) is 3.20. The second-order valence-corrected chi connectivity index (χ2v) is 4.40. The van der Waals surface area contributed by atoms with Crippen molar-refractivity contribution >= 4 is 5.91 Å². The van der Waals surface area contributed by atoms with E-state index >= 15 is 0 Å². The van der Waals surface area contributed by atoms with Crippen LogP contribution in [0.3, 0.4) is 0 Å². The molecule has 0 radical (unpaired) electrons. The zero-order valence-electron chi connectivity index (χ0n) is 9.56. The molecule has 90 valence electrons. The largest absolute Gasteiger partial charge is 0.446 e. The first kappa shape index (κ1) is 10.5. The van der Waals surface area contributed by atoms with Crippen molar-refractivity contribution in [2.75, 3.05) is 19.6 Å². The first-order valence-electron chi connectivity index (χ1n) is 5.97. The number of carbonyl (C=O) groups is 1. The minimum Gasteiger partial charge on any atom is -0.446 e. The van der Waals surface area contributed by atoms with Crippen molar-refractivity contribution in [3.05, 3.63) is 30.0 Å². The Morgan fingerprint density at radius 3 is 3.00 bits per heavy atom. The second-order valence-electron chi connectivity index (χ2n) is 4.40. The van der Waals surface area contributed by atoms with Gasteiger partial charge >= 0.3 is 0 Å². The van der Waals surface area contributed by atoms with Crippen LogP contribution in [0, 0.1) is 0 Å². The Labute approximate surface area is 99.5 Å². The first-order chi connectivity index (χ1) is 8.34. The van der Waals surface area contributed by atoms with Gasteiger partial charge in [-0.15, -0.1) is 0 Å². The van der Waals surface area contributed by atoms with E-state index in [1.54, 1.807) is 4.90 Å². The van der Waals surface area contributed by atoms with Crippen molar-refractivity contribution in [1.29, 1.82) is 0 Å². The van der Waals surface area contributed by atoms with Gasteiger partial charge in [-0.1, -0.05) is 12.2 Å². The molecular formula is C12H15N3O2. The third kappa shape index (κ3) is 1.98. The summed E-state index contributed by atoms with van der Waals surface area (Å²) in [6, 6.07) is 0.174. The van der Waals surface area contributed by atoms with Gasteiger partial charge < -0.3 is 14.6 Å². The average Bonchev–Trinajstić information content (AvgIpc) is 3.09. The van der Waals surface area contributed by atoms with E-state index in [9.17, 15) is 4.79 Å². The smallest absolute Gasteiger partial charge is 0.276 e. The van der Waals surface area contributed by atoms with Crippen molar-refractivity contribution in [1.82, 2.24) is 15.2 Å². The molecule has 5 heteroatoms. The van der Waals surface area contributed by atoms with Gasteiger partial charge in [0.1, 0.15) is 6.26 Å². The Kier molecular flexibility index (Phi) is 2.68. The van der Waals surface area contributed by atoms with Crippen molar-refractivity contribution in [3.8, 4) is 0 Å². The average molecular weight is 233 g/mol. The number of carbonyl (C=O) groups excluding carboxylic acids is 1. The summed E-state index contributed by atoms with van der Waals surface area (Å²) in [5, 5.41) is 3.30. The molecule has 5 nitrogen and oxygen atoms in total. The number of amides is 1. The maximum absolute atomic E-state index is 12.0. The molecule has 17 heavy (non-hydrogen) atoms. The third-order valence-electron chi connectivity index (χ3n) is 3.20. The van der Waals surface area contributed by atoms with Gasteiger partial charge in [-0.25, -0.2) is 4.98 Å². The van der Waals surface area contributed by atoms with Crippen LogP contribution in [0.15, 0.2) is 22.8 Å². The zero-order chi connectivity index (χ0) is 11.7. The van der Waals surface area contributed by atoms with Crippen LogP contribution < -0.4 is 5.32 Å². The highest BCUT2D eigenvalue weighted by Gasteiger charge is 2.25. The summed E-state index contributed by atoms with van der Waals surface area (Å²) in [7, 11) is 0. The molecule has 0 bridgehead atoms. The highest BCUT2D eigenvalue weighted by Crippen LogP contribution is 2.22. The van der Waals surface area contributed by atoms with Gasteiger partial charge in [0, 0.05) is 13.1 Å². The first-order valence-corrected chi connectivity index (χ1v) is 5.97. The van der Waals surface area contributed by atoms with Crippen LogP contribution in [-0.2, 0) is 0 Å². The quantitative estimate of drug-likeness (QED) is 0.777. The number of rotatable bonds is 2. The molecule has 1 aromatic heterocycles. The minimum absolute atomic E-state index is 0.0528. The number of nitrogens with zero attached hydrogens (tertiary/aromatic N) is 2. The van der Waals surface area contributed by atoms with Gasteiger partial charge in [-0.05, 0) is 19.4 Å². The van der Waals surface area contributed by atoms with Crippen molar-refractivity contribution < 1.29 is 9.21 Å². The molecule has 3 rings (SSSR count). The van der Waals surface area contributed by atoms with Crippen LogP contribution >= 0.6 is 0 Å². The lowest BCUT2D eigenvalue weighted by molar-refractivity contribution is 0.0794. The Morgan fingerprint density at radius 1 is 1.47 bits per heavy atom. The van der Waals surface area contributed by atoms with Crippen LogP contribution in [0.4, 0.5) is 0 Å². The number of aromatic nitrogens is 1.